The molecule has 0 bridgehead atoms. The van der Waals surface area contributed by atoms with Crippen LogP contribution in [0.4, 0.5) is 0 Å². The van der Waals surface area contributed by atoms with Crippen LogP contribution in [-0.2, 0) is 22.6 Å². The van der Waals surface area contributed by atoms with Crippen molar-refractivity contribution in [3.8, 4) is 0 Å². The van der Waals surface area contributed by atoms with Crippen molar-refractivity contribution in [3.63, 3.8) is 0 Å². The lowest BCUT2D eigenvalue weighted by Crippen LogP contribution is -2.48. The predicted molar refractivity (Wildman–Crippen MR) is 180 cm³/mol. The number of carbonyl (C=O) groups is 2. The molecule has 2 N–H and O–H groups in total. The summed E-state index contributed by atoms with van der Waals surface area (Å²) in [5.41, 5.74) is 1.06. The van der Waals surface area contributed by atoms with Gasteiger partial charge in [-0.25, -0.2) is 4.57 Å². The van der Waals surface area contributed by atoms with Gasteiger partial charge in [0, 0.05) is 37.9 Å². The zero-order valence-corrected chi connectivity index (χ0v) is 27.4. The molecule has 5 heteroatoms. The van der Waals surface area contributed by atoms with Gasteiger partial charge in [-0.15, -0.1) is 0 Å². The summed E-state index contributed by atoms with van der Waals surface area (Å²) < 4.78 is 2.17. The van der Waals surface area contributed by atoms with E-state index in [1.165, 1.54) is 89.9 Å². The van der Waals surface area contributed by atoms with E-state index in [1.807, 2.05) is 48.5 Å². The Morgan fingerprint density at radius 1 is 0.628 bits per heavy atom. The SMILES string of the molecule is CCCCCCCCCCCCCCCCCCNC(=O)[C@H](Cc1ccccc1)NC(=O)CCCCC[n+]1ccccc1. The Balaban J connectivity index is 1.53. The summed E-state index contributed by atoms with van der Waals surface area (Å²) in [6.07, 6.45) is 29.4. The molecule has 240 valence electrons. The fourth-order valence-electron chi connectivity index (χ4n) is 5.67. The quantitative estimate of drug-likeness (QED) is 0.0806. The van der Waals surface area contributed by atoms with Crippen LogP contribution in [0, 0.1) is 0 Å². The monoisotopic (exact) mass is 592 g/mol. The first-order valence-corrected chi connectivity index (χ1v) is 17.7. The van der Waals surface area contributed by atoms with Crippen LogP contribution < -0.4 is 15.2 Å². The molecule has 1 aromatic carbocycles. The number of benzene rings is 1. The van der Waals surface area contributed by atoms with Crippen LogP contribution >= 0.6 is 0 Å². The maximum Gasteiger partial charge on any atom is 0.242 e. The van der Waals surface area contributed by atoms with E-state index < -0.39 is 6.04 Å². The summed E-state index contributed by atoms with van der Waals surface area (Å²) in [6, 6.07) is 15.5. The Hall–Kier alpha value is -2.69. The molecule has 1 heterocycles. The third-order valence-electron chi connectivity index (χ3n) is 8.36. The maximum absolute atomic E-state index is 13.0. The van der Waals surface area contributed by atoms with Crippen LogP contribution in [-0.4, -0.2) is 24.4 Å². The highest BCUT2D eigenvalue weighted by Gasteiger charge is 2.20. The molecule has 5 nitrogen and oxygen atoms in total. The first kappa shape index (κ1) is 36.5. The number of carbonyl (C=O) groups excluding carboxylic acids is 2. The summed E-state index contributed by atoms with van der Waals surface area (Å²) in [4.78, 5) is 25.8. The van der Waals surface area contributed by atoms with Crippen molar-refractivity contribution in [2.24, 2.45) is 0 Å². The van der Waals surface area contributed by atoms with Crippen molar-refractivity contribution < 1.29 is 14.2 Å². The maximum atomic E-state index is 13.0. The summed E-state index contributed by atoms with van der Waals surface area (Å²) in [7, 11) is 0. The molecule has 2 amide bonds. The molecule has 2 rings (SSSR count). The highest BCUT2D eigenvalue weighted by molar-refractivity contribution is 5.87. The van der Waals surface area contributed by atoms with E-state index in [9.17, 15) is 9.59 Å². The van der Waals surface area contributed by atoms with Gasteiger partial charge in [-0.3, -0.25) is 9.59 Å². The van der Waals surface area contributed by atoms with Crippen molar-refractivity contribution >= 4 is 11.8 Å². The van der Waals surface area contributed by atoms with Crippen LogP contribution in [0.25, 0.3) is 0 Å². The molecular weight excluding hydrogens is 530 g/mol. The molecule has 2 aromatic rings. The molecule has 0 fully saturated rings. The molecule has 1 atom stereocenters. The summed E-state index contributed by atoms with van der Waals surface area (Å²) in [5, 5.41) is 6.12. The number of hydrogen-bond donors (Lipinski definition) is 2. The molecule has 0 saturated carbocycles. The van der Waals surface area contributed by atoms with Crippen LogP contribution in [0.3, 0.4) is 0 Å². The summed E-state index contributed by atoms with van der Waals surface area (Å²) in [5.74, 6) is -0.107. The van der Waals surface area contributed by atoms with E-state index in [1.54, 1.807) is 0 Å². The third-order valence-corrected chi connectivity index (χ3v) is 8.36. The lowest BCUT2D eigenvalue weighted by molar-refractivity contribution is -0.697. The van der Waals surface area contributed by atoms with Gasteiger partial charge in [0.1, 0.15) is 12.6 Å². The topological polar surface area (TPSA) is 62.1 Å². The number of rotatable bonds is 27. The number of aromatic nitrogens is 1. The lowest BCUT2D eigenvalue weighted by Gasteiger charge is -2.19. The van der Waals surface area contributed by atoms with Gasteiger partial charge in [-0.05, 0) is 24.8 Å². The molecule has 0 saturated heterocycles. The number of unbranched alkanes of at least 4 members (excludes halogenated alkanes) is 17. The average molecular weight is 593 g/mol. The molecular formula is C38H62N3O2+. The largest absolute Gasteiger partial charge is 0.354 e. The van der Waals surface area contributed by atoms with Gasteiger partial charge in [0.25, 0.3) is 0 Å². The van der Waals surface area contributed by atoms with Gasteiger partial charge >= 0.3 is 0 Å². The van der Waals surface area contributed by atoms with Gasteiger partial charge in [-0.2, -0.15) is 0 Å². The predicted octanol–water partition coefficient (Wildman–Crippen LogP) is 8.64. The van der Waals surface area contributed by atoms with E-state index >= 15 is 0 Å². The second-order valence-electron chi connectivity index (χ2n) is 12.3. The number of amides is 2. The molecule has 0 radical (unpaired) electrons. The Morgan fingerprint density at radius 2 is 1.14 bits per heavy atom. The highest BCUT2D eigenvalue weighted by atomic mass is 16.2. The average Bonchev–Trinajstić information content (AvgIpc) is 3.03. The summed E-state index contributed by atoms with van der Waals surface area (Å²) >= 11 is 0. The van der Waals surface area contributed by atoms with Gasteiger partial charge in [0.05, 0.1) is 0 Å². The van der Waals surface area contributed by atoms with Gasteiger partial charge in [-0.1, -0.05) is 140 Å². The number of nitrogens with zero attached hydrogens (tertiary/aromatic N) is 1. The second-order valence-corrected chi connectivity index (χ2v) is 12.3. The van der Waals surface area contributed by atoms with Crippen LogP contribution in [0.15, 0.2) is 60.9 Å². The Bertz CT molecular complexity index is 935. The van der Waals surface area contributed by atoms with Crippen molar-refractivity contribution in [2.45, 2.75) is 154 Å². The third kappa shape index (κ3) is 20.0. The van der Waals surface area contributed by atoms with Crippen molar-refractivity contribution in [1.82, 2.24) is 10.6 Å². The van der Waals surface area contributed by atoms with Crippen LogP contribution in [0.5, 0.6) is 0 Å². The molecule has 0 aliphatic heterocycles. The molecule has 0 aliphatic rings. The summed E-state index contributed by atoms with van der Waals surface area (Å²) in [6.45, 7) is 3.92. The minimum atomic E-state index is -0.532. The smallest absolute Gasteiger partial charge is 0.242 e. The standard InChI is InChI=1S/C38H61N3O2/c1-2-3-4-5-6-7-8-9-10-11-12-13-14-15-16-23-30-39-38(43)36(34-35-27-20-17-21-28-35)40-37(42)29-22-18-24-31-41-32-25-19-26-33-41/h17,19-21,25-28,32-33,36H,2-16,18,22-24,29-31,34H2,1H3,(H-,39,40,42,43)/p+1/t36-/m0/s1. The molecule has 0 spiro atoms. The van der Waals surface area contributed by atoms with Crippen LogP contribution in [0.2, 0.25) is 0 Å². The first-order chi connectivity index (χ1) is 21.2. The highest BCUT2D eigenvalue weighted by Crippen LogP contribution is 2.14. The Morgan fingerprint density at radius 3 is 1.72 bits per heavy atom. The van der Waals surface area contributed by atoms with Gasteiger partial charge in [0.2, 0.25) is 11.8 Å². The fourth-order valence-corrected chi connectivity index (χ4v) is 5.67. The molecule has 1 aromatic heterocycles. The second kappa shape index (κ2) is 25.8. The van der Waals surface area contributed by atoms with Crippen LogP contribution in [0.1, 0.15) is 141 Å². The van der Waals surface area contributed by atoms with E-state index in [2.05, 4.69) is 34.5 Å². The number of hydrogen-bond acceptors (Lipinski definition) is 2. The van der Waals surface area contributed by atoms with E-state index in [0.717, 1.165) is 44.2 Å². The lowest BCUT2D eigenvalue weighted by atomic mass is 10.0. The number of nitrogens with one attached hydrogen (secondary N) is 2. The van der Waals surface area contributed by atoms with Crippen molar-refractivity contribution in [1.29, 1.82) is 0 Å². The van der Waals surface area contributed by atoms with Crippen molar-refractivity contribution in [3.05, 3.63) is 66.5 Å². The van der Waals surface area contributed by atoms with Gasteiger partial charge in [0.15, 0.2) is 12.4 Å². The van der Waals surface area contributed by atoms with E-state index in [-0.39, 0.29) is 11.8 Å². The first-order valence-electron chi connectivity index (χ1n) is 17.7. The zero-order chi connectivity index (χ0) is 30.6. The number of aryl methyl sites for hydroxylation is 1. The Labute approximate surface area is 263 Å². The van der Waals surface area contributed by atoms with Crippen molar-refractivity contribution in [2.75, 3.05) is 6.54 Å². The minimum Gasteiger partial charge on any atom is -0.354 e. The molecule has 0 aliphatic carbocycles. The normalized spacial score (nSPS) is 11.7. The molecule has 43 heavy (non-hydrogen) atoms. The molecule has 0 unspecified atom stereocenters. The van der Waals surface area contributed by atoms with E-state index in [0.29, 0.717) is 19.4 Å². The minimum absolute atomic E-state index is 0.0362. The number of pyridine rings is 1. The Kier molecular flexibility index (Phi) is 21.9. The van der Waals surface area contributed by atoms with Gasteiger partial charge < -0.3 is 10.6 Å². The van der Waals surface area contributed by atoms with E-state index in [4.69, 9.17) is 0 Å². The fraction of sp³-hybridized carbons (Fsp3) is 0.658. The zero-order valence-electron chi connectivity index (χ0n) is 27.4.